The quantitative estimate of drug-likeness (QED) is 0.135. The third-order valence-corrected chi connectivity index (χ3v) is 8.73. The Bertz CT molecular complexity index is 1680. The normalized spacial score (nSPS) is 11.7. The third kappa shape index (κ3) is 8.80. The number of rotatable bonds is 15. The lowest BCUT2D eigenvalue weighted by atomic mass is 9.93. The molecule has 2 heterocycles. The zero-order valence-electron chi connectivity index (χ0n) is 29.5. The molecule has 4 rings (SSSR count). The first kappa shape index (κ1) is 35.7. The maximum Gasteiger partial charge on any atom is 0.323 e. The first-order valence-electron chi connectivity index (χ1n) is 17.2. The highest BCUT2D eigenvalue weighted by atomic mass is 16.5. The van der Waals surface area contributed by atoms with Gasteiger partial charge in [-0.25, -0.2) is 9.78 Å². The van der Waals surface area contributed by atoms with Gasteiger partial charge in [0.05, 0.1) is 0 Å². The van der Waals surface area contributed by atoms with Crippen LogP contribution in [-0.2, 0) is 6.54 Å². The van der Waals surface area contributed by atoms with E-state index in [4.69, 9.17) is 4.74 Å². The lowest BCUT2D eigenvalue weighted by molar-refractivity contribution is 0.223. The molecule has 8 heteroatoms. The van der Waals surface area contributed by atoms with Gasteiger partial charge in [0.25, 0.3) is 5.56 Å². The minimum Gasteiger partial charge on any atom is -0.492 e. The minimum atomic E-state index is -0.457. The summed E-state index contributed by atoms with van der Waals surface area (Å²) in [6.07, 6.45) is 3.51. The van der Waals surface area contributed by atoms with E-state index in [0.717, 1.165) is 60.2 Å². The highest BCUT2D eigenvalue weighted by Gasteiger charge is 2.23. The number of urea groups is 1. The van der Waals surface area contributed by atoms with Crippen LogP contribution in [0.5, 0.6) is 5.75 Å². The molecule has 0 unspecified atom stereocenters. The maximum atomic E-state index is 14.4. The fourth-order valence-electron chi connectivity index (χ4n) is 6.09. The summed E-state index contributed by atoms with van der Waals surface area (Å²) in [5, 5.41) is 6.95. The number of aryl methyl sites for hydroxylation is 1. The number of para-hydroxylation sites is 1. The van der Waals surface area contributed by atoms with Gasteiger partial charge in [-0.1, -0.05) is 85.7 Å². The van der Waals surface area contributed by atoms with Crippen molar-refractivity contribution < 1.29 is 9.53 Å². The first-order valence-corrected chi connectivity index (χ1v) is 17.2. The fourth-order valence-corrected chi connectivity index (χ4v) is 6.09. The van der Waals surface area contributed by atoms with Gasteiger partial charge in [0.15, 0.2) is 0 Å². The Kier molecular flexibility index (Phi) is 12.6. The van der Waals surface area contributed by atoms with E-state index in [0.29, 0.717) is 36.0 Å². The van der Waals surface area contributed by atoms with Gasteiger partial charge >= 0.3 is 6.03 Å². The number of likely N-dealkylation sites (N-methyl/N-ethyl adjacent to an activating group) is 1. The Balaban J connectivity index is 1.82. The smallest absolute Gasteiger partial charge is 0.323 e. The number of hydrogen-bond acceptors (Lipinski definition) is 5. The molecule has 4 aromatic rings. The largest absolute Gasteiger partial charge is 0.492 e. The molecule has 8 nitrogen and oxygen atoms in total. The van der Waals surface area contributed by atoms with E-state index < -0.39 is 6.03 Å². The van der Waals surface area contributed by atoms with Crippen molar-refractivity contribution in [2.45, 2.75) is 86.6 Å². The molecule has 0 radical (unpaired) electrons. The summed E-state index contributed by atoms with van der Waals surface area (Å²) in [6.45, 7) is 20.9. The lowest BCUT2D eigenvalue weighted by Gasteiger charge is -2.22. The first-order chi connectivity index (χ1) is 22.5. The molecule has 2 N–H and O–H groups in total. The fraction of sp³-hybridized carbons (Fsp3) is 0.462. The third-order valence-electron chi connectivity index (χ3n) is 8.73. The number of carbonyl (C=O) groups is 1. The summed E-state index contributed by atoms with van der Waals surface area (Å²) in [6, 6.07) is 17.3. The topological polar surface area (TPSA) is 88.5 Å². The minimum absolute atomic E-state index is 0.203. The van der Waals surface area contributed by atoms with Gasteiger partial charge in [0.2, 0.25) is 0 Å². The lowest BCUT2D eigenvalue weighted by Crippen LogP contribution is -2.30. The molecule has 47 heavy (non-hydrogen) atoms. The van der Waals surface area contributed by atoms with Gasteiger partial charge < -0.3 is 20.3 Å². The van der Waals surface area contributed by atoms with Crippen LogP contribution in [0.3, 0.4) is 0 Å². The van der Waals surface area contributed by atoms with Crippen molar-refractivity contribution in [2.75, 3.05) is 36.9 Å². The molecule has 2 aromatic carbocycles. The number of ether oxygens (including phenoxy) is 1. The number of nitrogens with zero attached hydrogens (tertiary/aromatic N) is 3. The second-order valence-corrected chi connectivity index (χ2v) is 13.2. The molecule has 0 bridgehead atoms. The van der Waals surface area contributed by atoms with Crippen LogP contribution in [-0.4, -0.2) is 46.7 Å². The number of anilines is 2. The zero-order valence-corrected chi connectivity index (χ0v) is 29.5. The summed E-state index contributed by atoms with van der Waals surface area (Å²) in [5.41, 5.74) is 4.84. The highest BCUT2D eigenvalue weighted by Crippen LogP contribution is 2.36. The van der Waals surface area contributed by atoms with Gasteiger partial charge in [-0.15, -0.1) is 0 Å². The van der Waals surface area contributed by atoms with Crippen LogP contribution in [0.1, 0.15) is 91.2 Å². The summed E-state index contributed by atoms with van der Waals surface area (Å²) in [4.78, 5) is 35.4. The number of fused-ring (bicyclic) bond motifs is 1. The van der Waals surface area contributed by atoms with E-state index in [-0.39, 0.29) is 23.1 Å². The van der Waals surface area contributed by atoms with Crippen molar-refractivity contribution in [1.29, 1.82) is 0 Å². The number of aromatic nitrogens is 2. The van der Waals surface area contributed by atoms with Crippen LogP contribution in [0.25, 0.3) is 22.2 Å². The van der Waals surface area contributed by atoms with Crippen molar-refractivity contribution in [3.63, 3.8) is 0 Å². The van der Waals surface area contributed by atoms with E-state index in [1.54, 1.807) is 10.8 Å². The van der Waals surface area contributed by atoms with Crippen LogP contribution >= 0.6 is 0 Å². The molecule has 0 saturated heterocycles. The average Bonchev–Trinajstić information content (AvgIpc) is 3.04. The SMILES string of the molecule is CCN(CC)CCOc1cccc(-c2c(NC(=O)Nc3c(C(C)C)cccc3C(C)C)c(=O)n(CCCC(C)C)c3ncccc23)c1. The molecule has 2 amide bonds. The number of carbonyl (C=O) groups excluding carboxylic acids is 1. The molecule has 2 aromatic heterocycles. The number of amides is 2. The molecule has 0 aliphatic carbocycles. The molecule has 0 atom stereocenters. The molecule has 0 fully saturated rings. The molecule has 0 saturated carbocycles. The van der Waals surface area contributed by atoms with Crippen LogP contribution in [0.2, 0.25) is 0 Å². The van der Waals surface area contributed by atoms with Crippen molar-refractivity contribution in [3.05, 3.63) is 82.3 Å². The molecule has 0 aliphatic rings. The van der Waals surface area contributed by atoms with E-state index in [1.807, 2.05) is 54.6 Å². The standard InChI is InChI=1S/C39H53N5O3/c1-9-43(10-2)23-24-47-30-17-11-16-29(25-30)34-33-20-13-21-40-37(33)44(22-14-15-26(3)4)38(45)36(34)42-39(46)41-35-31(27(5)6)18-12-19-32(35)28(7)8/h11-13,16-21,25-28H,9-10,14-15,22-24H2,1-8H3,(H2,41,42,46). The Morgan fingerprint density at radius 1 is 0.894 bits per heavy atom. The van der Waals surface area contributed by atoms with Gasteiger partial charge in [-0.3, -0.25) is 9.36 Å². The average molecular weight is 640 g/mol. The monoisotopic (exact) mass is 639 g/mol. The molecular formula is C39H53N5O3. The van der Waals surface area contributed by atoms with E-state index in [2.05, 4.69) is 75.9 Å². The summed E-state index contributed by atoms with van der Waals surface area (Å²) >= 11 is 0. The number of pyridine rings is 2. The van der Waals surface area contributed by atoms with Gasteiger partial charge in [0, 0.05) is 35.9 Å². The summed E-state index contributed by atoms with van der Waals surface area (Å²) in [7, 11) is 0. The maximum absolute atomic E-state index is 14.4. The van der Waals surface area contributed by atoms with Crippen molar-refractivity contribution >= 4 is 28.4 Å². The van der Waals surface area contributed by atoms with Crippen LogP contribution < -0.4 is 20.9 Å². The van der Waals surface area contributed by atoms with Gasteiger partial charge in [0.1, 0.15) is 23.7 Å². The summed E-state index contributed by atoms with van der Waals surface area (Å²) in [5.74, 6) is 1.62. The highest BCUT2D eigenvalue weighted by molar-refractivity contribution is 6.07. The molecule has 0 aliphatic heterocycles. The van der Waals surface area contributed by atoms with Crippen LogP contribution in [0.15, 0.2) is 65.6 Å². The molecule has 252 valence electrons. The molecular weight excluding hydrogens is 586 g/mol. The zero-order chi connectivity index (χ0) is 34.1. The van der Waals surface area contributed by atoms with Crippen molar-refractivity contribution in [2.24, 2.45) is 5.92 Å². The second kappa shape index (κ2) is 16.6. The van der Waals surface area contributed by atoms with Gasteiger partial charge in [-0.05, 0) is 84.6 Å². The Labute approximate surface area is 280 Å². The Morgan fingerprint density at radius 3 is 2.19 bits per heavy atom. The van der Waals surface area contributed by atoms with Crippen LogP contribution in [0.4, 0.5) is 16.2 Å². The molecule has 0 spiro atoms. The predicted molar refractivity (Wildman–Crippen MR) is 196 cm³/mol. The number of benzene rings is 2. The summed E-state index contributed by atoms with van der Waals surface area (Å²) < 4.78 is 7.89. The van der Waals surface area contributed by atoms with Gasteiger partial charge in [-0.2, -0.15) is 0 Å². The number of nitrogens with one attached hydrogen (secondary N) is 2. The van der Waals surface area contributed by atoms with E-state index in [1.165, 1.54) is 0 Å². The van der Waals surface area contributed by atoms with Crippen molar-refractivity contribution in [3.8, 4) is 16.9 Å². The Hall–Kier alpha value is -4.17. The van der Waals surface area contributed by atoms with E-state index >= 15 is 0 Å². The van der Waals surface area contributed by atoms with Crippen LogP contribution in [0, 0.1) is 5.92 Å². The predicted octanol–water partition coefficient (Wildman–Crippen LogP) is 9.11. The van der Waals surface area contributed by atoms with Crippen molar-refractivity contribution in [1.82, 2.24) is 14.5 Å². The Morgan fingerprint density at radius 2 is 1.55 bits per heavy atom. The van der Waals surface area contributed by atoms with E-state index in [9.17, 15) is 9.59 Å². The number of hydrogen-bond donors (Lipinski definition) is 2. The second-order valence-electron chi connectivity index (χ2n) is 13.2.